The molecule has 4 nitrogen and oxygen atoms in total. The van der Waals surface area contributed by atoms with Crippen molar-refractivity contribution in [2.45, 2.75) is 0 Å². The maximum Gasteiger partial charge on any atom is 0.160 e. The van der Waals surface area contributed by atoms with Gasteiger partial charge in [0.25, 0.3) is 0 Å². The topological polar surface area (TPSA) is 56.7 Å². The average molecular weight is 230 g/mol. The molecule has 0 aliphatic carbocycles. The first-order valence-electron chi connectivity index (χ1n) is 4.88. The van der Waals surface area contributed by atoms with Crippen LogP contribution >= 0.6 is 11.3 Å². The molecule has 3 rings (SSSR count). The molecule has 0 saturated heterocycles. The molecule has 0 radical (unpaired) electrons. The van der Waals surface area contributed by atoms with Crippen LogP contribution in [0.5, 0.6) is 0 Å². The summed E-state index contributed by atoms with van der Waals surface area (Å²) in [6.07, 6.45) is 1.77. The van der Waals surface area contributed by atoms with Crippen LogP contribution in [0.3, 0.4) is 0 Å². The van der Waals surface area contributed by atoms with Crippen molar-refractivity contribution >= 4 is 27.5 Å². The van der Waals surface area contributed by atoms with Crippen LogP contribution in [0.4, 0.5) is 5.00 Å². The van der Waals surface area contributed by atoms with E-state index in [1.165, 1.54) is 11.3 Å². The second kappa shape index (κ2) is 3.31. The van der Waals surface area contributed by atoms with E-state index in [2.05, 4.69) is 9.97 Å². The number of imidazole rings is 1. The van der Waals surface area contributed by atoms with E-state index in [0.717, 1.165) is 27.6 Å². The summed E-state index contributed by atoms with van der Waals surface area (Å²) in [7, 11) is 1.95. The van der Waals surface area contributed by atoms with E-state index >= 15 is 0 Å². The van der Waals surface area contributed by atoms with E-state index in [-0.39, 0.29) is 0 Å². The van der Waals surface area contributed by atoms with Gasteiger partial charge in [-0.15, -0.1) is 11.3 Å². The summed E-state index contributed by atoms with van der Waals surface area (Å²) in [6, 6.07) is 5.83. The highest BCUT2D eigenvalue weighted by Crippen LogP contribution is 2.30. The fourth-order valence-electron chi connectivity index (χ4n) is 1.77. The number of hydrogen-bond donors (Lipinski definition) is 1. The summed E-state index contributed by atoms with van der Waals surface area (Å²) in [6.45, 7) is 0. The van der Waals surface area contributed by atoms with Gasteiger partial charge in [-0.3, -0.25) is 0 Å². The highest BCUT2D eigenvalue weighted by Gasteiger charge is 2.13. The van der Waals surface area contributed by atoms with Crippen LogP contribution in [-0.4, -0.2) is 14.5 Å². The number of nitrogens with two attached hydrogens (primary N) is 1. The molecule has 3 aromatic rings. The number of thiophene rings is 1. The Bertz CT molecular complexity index is 653. The van der Waals surface area contributed by atoms with Gasteiger partial charge in [-0.05, 0) is 23.6 Å². The molecule has 0 aromatic carbocycles. The molecule has 16 heavy (non-hydrogen) atoms. The Morgan fingerprint density at radius 1 is 1.38 bits per heavy atom. The molecule has 5 heteroatoms. The molecule has 0 fully saturated rings. The number of anilines is 1. The van der Waals surface area contributed by atoms with Crippen molar-refractivity contribution in [3.05, 3.63) is 29.8 Å². The number of fused-ring (bicyclic) bond motifs is 1. The molecule has 0 aliphatic rings. The first-order valence-corrected chi connectivity index (χ1v) is 5.76. The van der Waals surface area contributed by atoms with Gasteiger partial charge in [0, 0.05) is 13.2 Å². The number of rotatable bonds is 1. The third-order valence-corrected chi connectivity index (χ3v) is 3.31. The second-order valence-electron chi connectivity index (χ2n) is 3.54. The minimum absolute atomic E-state index is 0.790. The Labute approximate surface area is 96.4 Å². The van der Waals surface area contributed by atoms with E-state index in [1.54, 1.807) is 6.20 Å². The van der Waals surface area contributed by atoms with Crippen molar-refractivity contribution in [2.75, 3.05) is 5.73 Å². The summed E-state index contributed by atoms with van der Waals surface area (Å²) in [4.78, 5) is 8.85. The number of nitrogens with zero attached hydrogens (tertiary/aromatic N) is 3. The van der Waals surface area contributed by atoms with Gasteiger partial charge in [-0.25, -0.2) is 9.97 Å². The van der Waals surface area contributed by atoms with E-state index in [9.17, 15) is 0 Å². The summed E-state index contributed by atoms with van der Waals surface area (Å²) in [5.41, 5.74) is 8.66. The second-order valence-corrected chi connectivity index (χ2v) is 4.49. The summed E-state index contributed by atoms with van der Waals surface area (Å²) in [5.74, 6) is 0.868. The van der Waals surface area contributed by atoms with Gasteiger partial charge in [0.05, 0.1) is 10.6 Å². The van der Waals surface area contributed by atoms with Crippen molar-refractivity contribution in [1.82, 2.24) is 14.5 Å². The third-order valence-electron chi connectivity index (χ3n) is 2.56. The predicted molar refractivity (Wildman–Crippen MR) is 66.2 cm³/mol. The van der Waals surface area contributed by atoms with Crippen LogP contribution in [0.25, 0.3) is 22.6 Å². The number of pyridine rings is 1. The first-order chi connectivity index (χ1) is 7.77. The van der Waals surface area contributed by atoms with Gasteiger partial charge in [-0.1, -0.05) is 0 Å². The summed E-state index contributed by atoms with van der Waals surface area (Å²) in [5, 5.41) is 2.76. The molecule has 3 heterocycles. The van der Waals surface area contributed by atoms with E-state index in [1.807, 2.05) is 35.2 Å². The molecule has 0 atom stereocenters. The van der Waals surface area contributed by atoms with E-state index < -0.39 is 0 Å². The lowest BCUT2D eigenvalue weighted by molar-refractivity contribution is 0.943. The Kier molecular flexibility index (Phi) is 1.94. The fourth-order valence-corrected chi connectivity index (χ4v) is 2.41. The zero-order chi connectivity index (χ0) is 11.1. The Hall–Kier alpha value is -1.88. The van der Waals surface area contributed by atoms with Gasteiger partial charge >= 0.3 is 0 Å². The lowest BCUT2D eigenvalue weighted by Crippen LogP contribution is -1.94. The minimum atomic E-state index is 0.790. The number of hydrogen-bond acceptors (Lipinski definition) is 4. The van der Waals surface area contributed by atoms with Crippen LogP contribution in [-0.2, 0) is 7.05 Å². The standard InChI is InChI=1S/C11H10N4S/c1-15-10(7-4-6-16-9(7)12)14-8-3-2-5-13-11(8)15/h2-6H,12H2,1H3. The van der Waals surface area contributed by atoms with Crippen molar-refractivity contribution < 1.29 is 0 Å². The normalized spacial score (nSPS) is 11.1. The lowest BCUT2D eigenvalue weighted by atomic mass is 10.3. The maximum atomic E-state index is 5.91. The molecule has 3 aromatic heterocycles. The van der Waals surface area contributed by atoms with Crippen LogP contribution in [0.1, 0.15) is 0 Å². The van der Waals surface area contributed by atoms with Gasteiger partial charge < -0.3 is 10.3 Å². The van der Waals surface area contributed by atoms with Crippen LogP contribution < -0.4 is 5.73 Å². The van der Waals surface area contributed by atoms with Gasteiger partial charge in [0.2, 0.25) is 0 Å². The largest absolute Gasteiger partial charge is 0.390 e. The molecule has 0 saturated carbocycles. The fraction of sp³-hybridized carbons (Fsp3) is 0.0909. The molecule has 0 spiro atoms. The van der Waals surface area contributed by atoms with E-state index in [0.29, 0.717) is 0 Å². The van der Waals surface area contributed by atoms with Crippen molar-refractivity contribution in [3.8, 4) is 11.4 Å². The zero-order valence-corrected chi connectivity index (χ0v) is 9.53. The smallest absolute Gasteiger partial charge is 0.160 e. The van der Waals surface area contributed by atoms with Gasteiger partial charge in [0.1, 0.15) is 11.3 Å². The number of aryl methyl sites for hydroxylation is 1. The summed E-state index contributed by atoms with van der Waals surface area (Å²) < 4.78 is 1.97. The molecule has 80 valence electrons. The monoisotopic (exact) mass is 230 g/mol. The molecule has 0 aliphatic heterocycles. The maximum absolute atomic E-state index is 5.91. The molecule has 0 amide bonds. The average Bonchev–Trinajstić information content (AvgIpc) is 2.84. The highest BCUT2D eigenvalue weighted by atomic mass is 32.1. The summed E-state index contributed by atoms with van der Waals surface area (Å²) >= 11 is 1.52. The SMILES string of the molecule is Cn1c(-c2ccsc2N)nc2cccnc21. The predicted octanol–water partition coefficient (Wildman–Crippen LogP) is 2.28. The Balaban J connectivity index is 2.33. The Morgan fingerprint density at radius 2 is 2.25 bits per heavy atom. The molecular formula is C11H10N4S. The number of aromatic nitrogens is 3. The highest BCUT2D eigenvalue weighted by molar-refractivity contribution is 7.14. The molecular weight excluding hydrogens is 220 g/mol. The zero-order valence-electron chi connectivity index (χ0n) is 8.71. The van der Waals surface area contributed by atoms with Gasteiger partial charge in [0.15, 0.2) is 5.65 Å². The number of nitrogen functional groups attached to an aromatic ring is 1. The quantitative estimate of drug-likeness (QED) is 0.697. The van der Waals surface area contributed by atoms with E-state index in [4.69, 9.17) is 5.73 Å². The molecule has 0 unspecified atom stereocenters. The Morgan fingerprint density at radius 3 is 2.94 bits per heavy atom. The third kappa shape index (κ3) is 1.22. The van der Waals surface area contributed by atoms with Crippen molar-refractivity contribution in [2.24, 2.45) is 7.05 Å². The molecule has 0 bridgehead atoms. The van der Waals surface area contributed by atoms with Crippen molar-refractivity contribution in [3.63, 3.8) is 0 Å². The van der Waals surface area contributed by atoms with Gasteiger partial charge in [-0.2, -0.15) is 0 Å². The van der Waals surface area contributed by atoms with Crippen LogP contribution in [0, 0.1) is 0 Å². The molecule has 2 N–H and O–H groups in total. The minimum Gasteiger partial charge on any atom is -0.390 e. The first kappa shape index (κ1) is 9.35. The van der Waals surface area contributed by atoms with Crippen LogP contribution in [0.2, 0.25) is 0 Å². The van der Waals surface area contributed by atoms with Crippen molar-refractivity contribution in [1.29, 1.82) is 0 Å². The van der Waals surface area contributed by atoms with Crippen LogP contribution in [0.15, 0.2) is 29.8 Å². The lowest BCUT2D eigenvalue weighted by Gasteiger charge is -1.99.